The van der Waals surface area contributed by atoms with Gasteiger partial charge in [0, 0.05) is 28.8 Å². The molecule has 1 heterocycles. The largest absolute Gasteiger partial charge is 0.385 e. The van der Waals surface area contributed by atoms with E-state index in [1.807, 2.05) is 31.3 Å². The van der Waals surface area contributed by atoms with Crippen LogP contribution in [0, 0.1) is 6.92 Å². The van der Waals surface area contributed by atoms with Gasteiger partial charge in [-0.1, -0.05) is 11.6 Å². The standard InChI is InChI=1S/C12H13ClN2/c1-3-14-11-6-7-15-12-8(2)10(13)5-4-9(11)12/h4-7H,3H2,1-2H3,(H,14,15). The van der Waals surface area contributed by atoms with Crippen molar-refractivity contribution in [2.45, 2.75) is 13.8 Å². The number of aromatic nitrogens is 1. The normalized spacial score (nSPS) is 10.6. The third-order valence-electron chi connectivity index (χ3n) is 2.47. The van der Waals surface area contributed by atoms with Gasteiger partial charge in [-0.3, -0.25) is 4.98 Å². The lowest BCUT2D eigenvalue weighted by atomic mass is 10.1. The zero-order chi connectivity index (χ0) is 10.8. The number of fused-ring (bicyclic) bond motifs is 1. The zero-order valence-electron chi connectivity index (χ0n) is 8.84. The van der Waals surface area contributed by atoms with E-state index >= 15 is 0 Å². The molecule has 3 heteroatoms. The maximum Gasteiger partial charge on any atom is 0.0766 e. The first kappa shape index (κ1) is 10.2. The lowest BCUT2D eigenvalue weighted by molar-refractivity contribution is 1.21. The molecule has 2 nitrogen and oxygen atoms in total. The number of anilines is 1. The first-order valence-electron chi connectivity index (χ1n) is 5.01. The van der Waals surface area contributed by atoms with Gasteiger partial charge in [-0.2, -0.15) is 0 Å². The highest BCUT2D eigenvalue weighted by molar-refractivity contribution is 6.32. The van der Waals surface area contributed by atoms with Crippen molar-refractivity contribution in [3.05, 3.63) is 35.0 Å². The summed E-state index contributed by atoms with van der Waals surface area (Å²) in [5.74, 6) is 0. The number of benzene rings is 1. The SMILES string of the molecule is CCNc1ccnc2c(C)c(Cl)ccc12. The van der Waals surface area contributed by atoms with Gasteiger partial charge >= 0.3 is 0 Å². The van der Waals surface area contributed by atoms with Crippen molar-refractivity contribution < 1.29 is 0 Å². The van der Waals surface area contributed by atoms with Crippen LogP contribution in [0.2, 0.25) is 5.02 Å². The zero-order valence-corrected chi connectivity index (χ0v) is 9.60. The van der Waals surface area contributed by atoms with E-state index in [4.69, 9.17) is 11.6 Å². The van der Waals surface area contributed by atoms with Crippen LogP contribution in [0.1, 0.15) is 12.5 Å². The van der Waals surface area contributed by atoms with Crippen LogP contribution in [-0.4, -0.2) is 11.5 Å². The third-order valence-corrected chi connectivity index (χ3v) is 2.88. The van der Waals surface area contributed by atoms with Gasteiger partial charge in [-0.05, 0) is 37.6 Å². The quantitative estimate of drug-likeness (QED) is 0.836. The van der Waals surface area contributed by atoms with E-state index in [1.165, 1.54) is 0 Å². The lowest BCUT2D eigenvalue weighted by Crippen LogP contribution is -1.98. The molecule has 0 atom stereocenters. The summed E-state index contributed by atoms with van der Waals surface area (Å²) < 4.78 is 0. The van der Waals surface area contributed by atoms with E-state index in [9.17, 15) is 0 Å². The van der Waals surface area contributed by atoms with Crippen molar-refractivity contribution in [2.75, 3.05) is 11.9 Å². The number of nitrogens with zero attached hydrogens (tertiary/aromatic N) is 1. The van der Waals surface area contributed by atoms with Crippen LogP contribution >= 0.6 is 11.6 Å². The fraction of sp³-hybridized carbons (Fsp3) is 0.250. The molecule has 15 heavy (non-hydrogen) atoms. The molecule has 0 aliphatic heterocycles. The van der Waals surface area contributed by atoms with Crippen LogP contribution in [0.3, 0.4) is 0 Å². The lowest BCUT2D eigenvalue weighted by Gasteiger charge is -2.09. The van der Waals surface area contributed by atoms with Gasteiger partial charge in [0.15, 0.2) is 0 Å². The fourth-order valence-corrected chi connectivity index (χ4v) is 1.83. The van der Waals surface area contributed by atoms with E-state index in [2.05, 4.69) is 17.2 Å². The second kappa shape index (κ2) is 4.07. The molecule has 0 aliphatic rings. The molecular weight excluding hydrogens is 208 g/mol. The highest BCUT2D eigenvalue weighted by Crippen LogP contribution is 2.28. The number of nitrogens with one attached hydrogen (secondary N) is 1. The summed E-state index contributed by atoms with van der Waals surface area (Å²) in [6.07, 6.45) is 1.81. The van der Waals surface area contributed by atoms with E-state index in [0.29, 0.717) is 0 Å². The van der Waals surface area contributed by atoms with Crippen LogP contribution < -0.4 is 5.32 Å². The molecule has 0 amide bonds. The minimum atomic E-state index is 0.767. The number of rotatable bonds is 2. The van der Waals surface area contributed by atoms with Crippen molar-refractivity contribution in [1.29, 1.82) is 0 Å². The third kappa shape index (κ3) is 1.77. The molecule has 1 aromatic carbocycles. The second-order valence-corrected chi connectivity index (χ2v) is 3.86. The second-order valence-electron chi connectivity index (χ2n) is 3.46. The smallest absolute Gasteiger partial charge is 0.0766 e. The van der Waals surface area contributed by atoms with E-state index in [1.54, 1.807) is 0 Å². The van der Waals surface area contributed by atoms with E-state index < -0.39 is 0 Å². The number of hydrogen-bond donors (Lipinski definition) is 1. The highest BCUT2D eigenvalue weighted by Gasteiger charge is 2.05. The predicted octanol–water partition coefficient (Wildman–Crippen LogP) is 3.63. The fourth-order valence-electron chi connectivity index (χ4n) is 1.68. The molecular formula is C12H13ClN2. The Morgan fingerprint density at radius 2 is 2.13 bits per heavy atom. The predicted molar refractivity (Wildman–Crippen MR) is 65.7 cm³/mol. The first-order chi connectivity index (χ1) is 7.24. The minimum Gasteiger partial charge on any atom is -0.385 e. The molecule has 2 aromatic rings. The monoisotopic (exact) mass is 220 g/mol. The molecule has 0 aliphatic carbocycles. The van der Waals surface area contributed by atoms with Crippen LogP contribution in [-0.2, 0) is 0 Å². The Bertz CT molecular complexity index is 494. The maximum absolute atomic E-state index is 6.06. The van der Waals surface area contributed by atoms with Gasteiger partial charge in [0.05, 0.1) is 5.52 Å². The molecule has 78 valence electrons. The van der Waals surface area contributed by atoms with Crippen molar-refractivity contribution in [2.24, 2.45) is 0 Å². The number of aryl methyl sites for hydroxylation is 1. The molecule has 0 spiro atoms. The highest BCUT2D eigenvalue weighted by atomic mass is 35.5. The van der Waals surface area contributed by atoms with Gasteiger partial charge in [0.25, 0.3) is 0 Å². The number of halogens is 1. The summed E-state index contributed by atoms with van der Waals surface area (Å²) in [6, 6.07) is 5.91. The number of pyridine rings is 1. The van der Waals surface area contributed by atoms with E-state index in [-0.39, 0.29) is 0 Å². The van der Waals surface area contributed by atoms with Gasteiger partial charge < -0.3 is 5.32 Å². The van der Waals surface area contributed by atoms with Gasteiger partial charge in [-0.15, -0.1) is 0 Å². The maximum atomic E-state index is 6.06. The average molecular weight is 221 g/mol. The summed E-state index contributed by atoms with van der Waals surface area (Å²) in [5.41, 5.74) is 3.12. The Morgan fingerprint density at radius 1 is 1.33 bits per heavy atom. The molecule has 0 radical (unpaired) electrons. The summed E-state index contributed by atoms with van der Waals surface area (Å²) in [6.45, 7) is 4.98. The van der Waals surface area contributed by atoms with E-state index in [0.717, 1.165) is 33.7 Å². The van der Waals surface area contributed by atoms with Gasteiger partial charge in [0.2, 0.25) is 0 Å². The van der Waals surface area contributed by atoms with Crippen molar-refractivity contribution in [3.8, 4) is 0 Å². The first-order valence-corrected chi connectivity index (χ1v) is 5.39. The van der Waals surface area contributed by atoms with Crippen molar-refractivity contribution in [1.82, 2.24) is 4.98 Å². The van der Waals surface area contributed by atoms with Crippen LogP contribution in [0.5, 0.6) is 0 Å². The van der Waals surface area contributed by atoms with Gasteiger partial charge in [0.1, 0.15) is 0 Å². The van der Waals surface area contributed by atoms with Crippen molar-refractivity contribution >= 4 is 28.2 Å². The van der Waals surface area contributed by atoms with Crippen LogP contribution in [0.25, 0.3) is 10.9 Å². The Balaban J connectivity index is 2.72. The van der Waals surface area contributed by atoms with Crippen LogP contribution in [0.4, 0.5) is 5.69 Å². The molecule has 2 rings (SSSR count). The van der Waals surface area contributed by atoms with Crippen molar-refractivity contribution in [3.63, 3.8) is 0 Å². The van der Waals surface area contributed by atoms with Crippen LogP contribution in [0.15, 0.2) is 24.4 Å². The molecule has 0 bridgehead atoms. The Hall–Kier alpha value is -1.28. The average Bonchev–Trinajstić information content (AvgIpc) is 2.25. The number of hydrogen-bond acceptors (Lipinski definition) is 2. The Kier molecular flexibility index (Phi) is 2.78. The summed E-state index contributed by atoms with van der Waals surface area (Å²) in [4.78, 5) is 4.36. The topological polar surface area (TPSA) is 24.9 Å². The summed E-state index contributed by atoms with van der Waals surface area (Å²) in [7, 11) is 0. The summed E-state index contributed by atoms with van der Waals surface area (Å²) >= 11 is 6.06. The summed E-state index contributed by atoms with van der Waals surface area (Å²) in [5, 5.41) is 5.21. The Labute approximate surface area is 94.3 Å². The van der Waals surface area contributed by atoms with Gasteiger partial charge in [-0.25, -0.2) is 0 Å². The molecule has 0 saturated heterocycles. The molecule has 0 unspecified atom stereocenters. The molecule has 0 fully saturated rings. The Morgan fingerprint density at radius 3 is 2.87 bits per heavy atom. The molecule has 1 N–H and O–H groups in total. The molecule has 0 saturated carbocycles. The minimum absolute atomic E-state index is 0.767. The molecule has 1 aromatic heterocycles.